The largest absolute Gasteiger partial charge is 0.466 e. The lowest BCUT2D eigenvalue weighted by atomic mass is 10.3. The van der Waals surface area contributed by atoms with Gasteiger partial charge in [0.25, 0.3) is 0 Å². The van der Waals surface area contributed by atoms with Gasteiger partial charge in [0.1, 0.15) is 0 Å². The van der Waals surface area contributed by atoms with E-state index in [0.29, 0.717) is 6.61 Å². The average molecular weight is 237 g/mol. The molecule has 1 aromatic carbocycles. The molecular weight excluding hydrogens is 214 g/mol. The molecule has 0 aliphatic heterocycles. The van der Waals surface area contributed by atoms with Crippen molar-refractivity contribution in [2.45, 2.75) is 27.7 Å². The van der Waals surface area contributed by atoms with E-state index in [1.807, 2.05) is 6.07 Å². The summed E-state index contributed by atoms with van der Waals surface area (Å²) in [6, 6.07) is 10.5. The summed E-state index contributed by atoms with van der Waals surface area (Å²) in [6.45, 7) is 10.2. The van der Waals surface area contributed by atoms with Crippen LogP contribution < -0.4 is 4.90 Å². The summed E-state index contributed by atoms with van der Waals surface area (Å²) >= 11 is 0. The summed E-state index contributed by atoms with van der Waals surface area (Å²) in [5.74, 6) is -0.211. The lowest BCUT2D eigenvalue weighted by molar-refractivity contribution is -0.140. The Kier molecular flexibility index (Phi) is 8.84. The maximum Gasteiger partial charge on any atom is 0.302 e. The van der Waals surface area contributed by atoms with Gasteiger partial charge in [-0.1, -0.05) is 18.2 Å². The summed E-state index contributed by atoms with van der Waals surface area (Å²) in [4.78, 5) is 12.2. The molecule has 1 rings (SSSR count). The second-order valence-corrected chi connectivity index (χ2v) is 3.43. The first-order valence-corrected chi connectivity index (χ1v) is 6.08. The topological polar surface area (TPSA) is 29.5 Å². The molecule has 0 saturated carbocycles. The molecule has 1 aromatic rings. The molecule has 0 N–H and O–H groups in total. The molecule has 0 atom stereocenters. The number of esters is 1. The number of carbonyl (C=O) groups excluding carboxylic acids is 1. The molecule has 0 aliphatic rings. The fraction of sp³-hybridized carbons (Fsp3) is 0.500. The lowest BCUT2D eigenvalue weighted by Gasteiger charge is -2.20. The molecule has 3 heteroatoms. The highest BCUT2D eigenvalue weighted by molar-refractivity contribution is 5.65. The van der Waals surface area contributed by atoms with Gasteiger partial charge in [0.2, 0.25) is 0 Å². The van der Waals surface area contributed by atoms with Crippen molar-refractivity contribution in [1.82, 2.24) is 0 Å². The SMILES string of the molecule is CCN(CC)c1ccccc1.CCOC(C)=O. The second kappa shape index (κ2) is 9.70. The van der Waals surface area contributed by atoms with E-state index in [0.717, 1.165) is 13.1 Å². The summed E-state index contributed by atoms with van der Waals surface area (Å²) in [7, 11) is 0. The standard InChI is InChI=1S/C10H15N.C4H8O2/c1-3-11(4-2)10-8-6-5-7-9-10;1-3-6-4(2)5/h5-9H,3-4H2,1-2H3;3H2,1-2H3. The third-order valence-corrected chi connectivity index (χ3v) is 2.23. The van der Waals surface area contributed by atoms with Gasteiger partial charge in [0, 0.05) is 25.7 Å². The second-order valence-electron chi connectivity index (χ2n) is 3.43. The van der Waals surface area contributed by atoms with Gasteiger partial charge < -0.3 is 9.64 Å². The van der Waals surface area contributed by atoms with Crippen molar-refractivity contribution in [2.24, 2.45) is 0 Å². The Labute approximate surface area is 104 Å². The Bertz CT molecular complexity index is 294. The number of hydrogen-bond acceptors (Lipinski definition) is 3. The maximum absolute atomic E-state index is 9.82. The van der Waals surface area contributed by atoms with Gasteiger partial charge in [0.05, 0.1) is 6.61 Å². The number of ether oxygens (including phenoxy) is 1. The van der Waals surface area contributed by atoms with Gasteiger partial charge in [0.15, 0.2) is 0 Å². The van der Waals surface area contributed by atoms with Crippen molar-refractivity contribution < 1.29 is 9.53 Å². The van der Waals surface area contributed by atoms with Crippen LogP contribution in [0.25, 0.3) is 0 Å². The minimum atomic E-state index is -0.211. The van der Waals surface area contributed by atoms with Crippen molar-refractivity contribution in [3.63, 3.8) is 0 Å². The fourth-order valence-corrected chi connectivity index (χ4v) is 1.43. The molecule has 0 heterocycles. The fourth-order valence-electron chi connectivity index (χ4n) is 1.43. The van der Waals surface area contributed by atoms with Crippen molar-refractivity contribution in [2.75, 3.05) is 24.6 Å². The lowest BCUT2D eigenvalue weighted by Crippen LogP contribution is -2.21. The first-order chi connectivity index (χ1) is 8.15. The highest BCUT2D eigenvalue weighted by Gasteiger charge is 1.97. The Morgan fingerprint density at radius 2 is 1.65 bits per heavy atom. The van der Waals surface area contributed by atoms with Crippen LogP contribution in [0.5, 0.6) is 0 Å². The van der Waals surface area contributed by atoms with Crippen molar-refractivity contribution >= 4 is 11.7 Å². The molecule has 96 valence electrons. The molecule has 0 spiro atoms. The minimum Gasteiger partial charge on any atom is -0.466 e. The van der Waals surface area contributed by atoms with E-state index in [4.69, 9.17) is 0 Å². The first kappa shape index (κ1) is 15.5. The average Bonchev–Trinajstić information content (AvgIpc) is 2.32. The van der Waals surface area contributed by atoms with E-state index in [1.54, 1.807) is 6.92 Å². The third-order valence-electron chi connectivity index (χ3n) is 2.23. The number of nitrogens with zero attached hydrogens (tertiary/aromatic N) is 1. The maximum atomic E-state index is 9.82. The molecular formula is C14H23NO2. The quantitative estimate of drug-likeness (QED) is 0.754. The number of para-hydroxylation sites is 1. The molecule has 0 unspecified atom stereocenters. The Morgan fingerprint density at radius 3 is 1.94 bits per heavy atom. The van der Waals surface area contributed by atoms with Crippen molar-refractivity contribution in [3.8, 4) is 0 Å². The van der Waals surface area contributed by atoms with Gasteiger partial charge in [-0.2, -0.15) is 0 Å². The molecule has 0 saturated heterocycles. The summed E-state index contributed by atoms with van der Waals surface area (Å²) in [5, 5.41) is 0. The Hall–Kier alpha value is -1.51. The predicted octanol–water partition coefficient (Wildman–Crippen LogP) is 3.10. The van der Waals surface area contributed by atoms with Crippen LogP contribution in [-0.4, -0.2) is 25.7 Å². The van der Waals surface area contributed by atoms with Gasteiger partial charge in [-0.05, 0) is 32.9 Å². The van der Waals surface area contributed by atoms with Crippen LogP contribution >= 0.6 is 0 Å². The normalized spacial score (nSPS) is 8.94. The molecule has 0 aromatic heterocycles. The van der Waals surface area contributed by atoms with Crippen LogP contribution in [0, 0.1) is 0 Å². The number of carbonyl (C=O) groups is 1. The Morgan fingerprint density at radius 1 is 1.12 bits per heavy atom. The van der Waals surface area contributed by atoms with Crippen LogP contribution in [0.2, 0.25) is 0 Å². The van der Waals surface area contributed by atoms with Crippen LogP contribution in [0.1, 0.15) is 27.7 Å². The number of rotatable bonds is 4. The third kappa shape index (κ3) is 7.39. The van der Waals surface area contributed by atoms with Gasteiger partial charge >= 0.3 is 5.97 Å². The molecule has 0 bridgehead atoms. The predicted molar refractivity (Wildman–Crippen MR) is 72.3 cm³/mol. The Balaban J connectivity index is 0.000000366. The molecule has 0 amide bonds. The molecule has 0 aliphatic carbocycles. The highest BCUT2D eigenvalue weighted by atomic mass is 16.5. The molecule has 17 heavy (non-hydrogen) atoms. The van der Waals surface area contributed by atoms with E-state index >= 15 is 0 Å². The van der Waals surface area contributed by atoms with E-state index < -0.39 is 0 Å². The smallest absolute Gasteiger partial charge is 0.302 e. The van der Waals surface area contributed by atoms with E-state index in [2.05, 4.69) is 47.7 Å². The first-order valence-electron chi connectivity index (χ1n) is 6.08. The number of benzene rings is 1. The molecule has 3 nitrogen and oxygen atoms in total. The van der Waals surface area contributed by atoms with Crippen LogP contribution in [0.3, 0.4) is 0 Å². The zero-order chi connectivity index (χ0) is 13.1. The van der Waals surface area contributed by atoms with E-state index in [-0.39, 0.29) is 5.97 Å². The summed E-state index contributed by atoms with van der Waals surface area (Å²) in [5.41, 5.74) is 1.32. The highest BCUT2D eigenvalue weighted by Crippen LogP contribution is 2.11. The monoisotopic (exact) mass is 237 g/mol. The zero-order valence-corrected chi connectivity index (χ0v) is 11.3. The summed E-state index contributed by atoms with van der Waals surface area (Å²) < 4.78 is 4.40. The number of anilines is 1. The zero-order valence-electron chi connectivity index (χ0n) is 11.3. The van der Waals surface area contributed by atoms with E-state index in [9.17, 15) is 4.79 Å². The van der Waals surface area contributed by atoms with Gasteiger partial charge in [-0.3, -0.25) is 4.79 Å². The van der Waals surface area contributed by atoms with Crippen LogP contribution in [-0.2, 0) is 9.53 Å². The summed E-state index contributed by atoms with van der Waals surface area (Å²) in [6.07, 6.45) is 0. The number of hydrogen-bond donors (Lipinski definition) is 0. The van der Waals surface area contributed by atoms with Gasteiger partial charge in [-0.25, -0.2) is 0 Å². The van der Waals surface area contributed by atoms with Gasteiger partial charge in [-0.15, -0.1) is 0 Å². The minimum absolute atomic E-state index is 0.211. The van der Waals surface area contributed by atoms with E-state index in [1.165, 1.54) is 12.6 Å². The molecule has 0 fully saturated rings. The van der Waals surface area contributed by atoms with Crippen LogP contribution in [0.4, 0.5) is 5.69 Å². The van der Waals surface area contributed by atoms with Crippen molar-refractivity contribution in [3.05, 3.63) is 30.3 Å². The molecule has 0 radical (unpaired) electrons. The van der Waals surface area contributed by atoms with Crippen LogP contribution in [0.15, 0.2) is 30.3 Å². The van der Waals surface area contributed by atoms with Crippen molar-refractivity contribution in [1.29, 1.82) is 0 Å².